The Bertz CT molecular complexity index is 571. The fourth-order valence-corrected chi connectivity index (χ4v) is 3.07. The van der Waals surface area contributed by atoms with Crippen molar-refractivity contribution in [3.05, 3.63) is 29.6 Å². The van der Waals surface area contributed by atoms with E-state index in [1.54, 1.807) is 0 Å². The summed E-state index contributed by atoms with van der Waals surface area (Å²) < 4.78 is 18.1. The number of hydrogen-bond acceptors (Lipinski definition) is 4. The Balaban J connectivity index is 2.08. The quantitative estimate of drug-likeness (QED) is 0.645. The third-order valence-corrected chi connectivity index (χ3v) is 4.34. The zero-order chi connectivity index (χ0) is 16.8. The minimum absolute atomic E-state index is 0.0301. The van der Waals surface area contributed by atoms with E-state index in [0.717, 1.165) is 31.7 Å². The van der Waals surface area contributed by atoms with Crippen LogP contribution in [0.25, 0.3) is 0 Å². The first-order valence-corrected chi connectivity index (χ1v) is 7.95. The molecule has 0 aromatic heterocycles. The molecule has 0 aliphatic heterocycles. The first-order chi connectivity index (χ1) is 11.0. The number of esters is 1. The van der Waals surface area contributed by atoms with E-state index in [9.17, 15) is 14.0 Å². The fourth-order valence-electron chi connectivity index (χ4n) is 3.07. The van der Waals surface area contributed by atoms with Gasteiger partial charge in [0.15, 0.2) is 0 Å². The lowest BCUT2D eigenvalue weighted by molar-refractivity contribution is -0.143. The van der Waals surface area contributed by atoms with Gasteiger partial charge in [0.05, 0.1) is 12.7 Å². The highest BCUT2D eigenvalue weighted by Crippen LogP contribution is 2.27. The molecular formula is C17H23FN2O3. The van der Waals surface area contributed by atoms with E-state index >= 15 is 0 Å². The summed E-state index contributed by atoms with van der Waals surface area (Å²) in [5, 5.41) is 2.64. The molecular weight excluding hydrogens is 299 g/mol. The van der Waals surface area contributed by atoms with Gasteiger partial charge in [0.2, 0.25) is 0 Å². The Morgan fingerprint density at radius 2 is 2.04 bits per heavy atom. The molecule has 1 aromatic carbocycles. The van der Waals surface area contributed by atoms with Gasteiger partial charge < -0.3 is 15.8 Å². The molecule has 2 rings (SSSR count). The molecule has 1 amide bonds. The maximum absolute atomic E-state index is 13.3. The molecule has 1 aliphatic rings. The number of anilines is 1. The molecule has 1 aliphatic carbocycles. The molecule has 23 heavy (non-hydrogen) atoms. The van der Waals surface area contributed by atoms with Crippen molar-refractivity contribution < 1.29 is 18.7 Å². The van der Waals surface area contributed by atoms with Gasteiger partial charge >= 0.3 is 5.97 Å². The number of nitrogen functional groups attached to an aromatic ring is 1. The molecule has 126 valence electrons. The van der Waals surface area contributed by atoms with E-state index < -0.39 is 23.7 Å². The predicted octanol–water partition coefficient (Wildman–Crippen LogP) is 2.65. The van der Waals surface area contributed by atoms with E-state index in [0.29, 0.717) is 12.3 Å². The summed E-state index contributed by atoms with van der Waals surface area (Å²) in [4.78, 5) is 24.3. The van der Waals surface area contributed by atoms with Crippen molar-refractivity contribution in [3.63, 3.8) is 0 Å². The normalized spacial score (nSPS) is 16.6. The zero-order valence-corrected chi connectivity index (χ0v) is 13.3. The molecule has 6 heteroatoms. The van der Waals surface area contributed by atoms with E-state index in [-0.39, 0.29) is 11.3 Å². The van der Waals surface area contributed by atoms with Gasteiger partial charge in [0.1, 0.15) is 11.9 Å². The molecule has 0 heterocycles. The molecule has 3 N–H and O–H groups in total. The van der Waals surface area contributed by atoms with Crippen molar-refractivity contribution >= 4 is 17.6 Å². The Morgan fingerprint density at radius 1 is 1.35 bits per heavy atom. The van der Waals surface area contributed by atoms with Crippen LogP contribution in [-0.4, -0.2) is 25.0 Å². The third-order valence-electron chi connectivity index (χ3n) is 4.34. The molecule has 5 nitrogen and oxygen atoms in total. The van der Waals surface area contributed by atoms with Crippen LogP contribution < -0.4 is 11.1 Å². The van der Waals surface area contributed by atoms with Gasteiger partial charge in [0.25, 0.3) is 5.91 Å². The Kier molecular flexibility index (Phi) is 5.96. The van der Waals surface area contributed by atoms with E-state index in [1.807, 2.05) is 0 Å². The highest BCUT2D eigenvalue weighted by atomic mass is 19.1. The van der Waals surface area contributed by atoms with Gasteiger partial charge in [-0.15, -0.1) is 0 Å². The lowest BCUT2D eigenvalue weighted by atomic mass is 9.84. The SMILES string of the molecule is COC(=O)C(CC1CCCCC1)NC(=O)c1cc(F)ccc1N. The maximum atomic E-state index is 13.3. The summed E-state index contributed by atoms with van der Waals surface area (Å²) in [7, 11) is 1.29. The minimum atomic E-state index is -0.738. The number of nitrogens with two attached hydrogens (primary N) is 1. The van der Waals surface area contributed by atoms with Crippen molar-refractivity contribution in [1.29, 1.82) is 0 Å². The summed E-state index contributed by atoms with van der Waals surface area (Å²) in [6, 6.07) is 2.85. The van der Waals surface area contributed by atoms with Gasteiger partial charge in [-0.25, -0.2) is 9.18 Å². The van der Waals surface area contributed by atoms with Crippen LogP contribution in [0.4, 0.5) is 10.1 Å². The molecule has 0 radical (unpaired) electrons. The number of methoxy groups -OCH3 is 1. The number of benzene rings is 1. The molecule has 1 saturated carbocycles. The van der Waals surface area contributed by atoms with Crippen molar-refractivity contribution in [3.8, 4) is 0 Å². The number of nitrogens with one attached hydrogen (secondary N) is 1. The van der Waals surface area contributed by atoms with Crippen molar-refractivity contribution in [2.24, 2.45) is 5.92 Å². The second-order valence-electron chi connectivity index (χ2n) is 6.02. The second kappa shape index (κ2) is 7.94. The van der Waals surface area contributed by atoms with Crippen LogP contribution in [0, 0.1) is 11.7 Å². The van der Waals surface area contributed by atoms with Gasteiger partial charge in [-0.05, 0) is 30.5 Å². The number of amides is 1. The van der Waals surface area contributed by atoms with E-state index in [2.05, 4.69) is 5.32 Å². The van der Waals surface area contributed by atoms with Crippen molar-refractivity contribution in [2.75, 3.05) is 12.8 Å². The number of halogens is 1. The summed E-state index contributed by atoms with van der Waals surface area (Å²) in [5.74, 6) is -1.21. The number of hydrogen-bond donors (Lipinski definition) is 2. The van der Waals surface area contributed by atoms with Crippen LogP contribution >= 0.6 is 0 Å². The standard InChI is InChI=1S/C17H23FN2O3/c1-23-17(22)15(9-11-5-3-2-4-6-11)20-16(21)13-10-12(18)7-8-14(13)19/h7-8,10-11,15H,2-6,9,19H2,1H3,(H,20,21). The predicted molar refractivity (Wildman–Crippen MR) is 85.3 cm³/mol. The summed E-state index contributed by atoms with van der Waals surface area (Å²) in [6.45, 7) is 0. The molecule has 1 atom stereocenters. The highest BCUT2D eigenvalue weighted by molar-refractivity contribution is 6.00. The Labute approximate surface area is 135 Å². The molecule has 0 bridgehead atoms. The number of ether oxygens (including phenoxy) is 1. The summed E-state index contributed by atoms with van der Waals surface area (Å²) in [6.07, 6.45) is 6.13. The summed E-state index contributed by atoms with van der Waals surface area (Å²) in [5.41, 5.74) is 5.92. The molecule has 1 aromatic rings. The molecule has 0 saturated heterocycles. The fraction of sp³-hybridized carbons (Fsp3) is 0.529. The average molecular weight is 322 g/mol. The topological polar surface area (TPSA) is 81.4 Å². The number of rotatable bonds is 5. The van der Waals surface area contributed by atoms with Gasteiger partial charge in [0, 0.05) is 5.69 Å². The smallest absolute Gasteiger partial charge is 0.328 e. The van der Waals surface area contributed by atoms with Crippen LogP contribution in [0.5, 0.6) is 0 Å². The van der Waals surface area contributed by atoms with Gasteiger partial charge in [-0.3, -0.25) is 4.79 Å². The molecule has 1 unspecified atom stereocenters. The number of carbonyl (C=O) groups is 2. The average Bonchev–Trinajstić information content (AvgIpc) is 2.56. The van der Waals surface area contributed by atoms with Crippen LogP contribution in [0.15, 0.2) is 18.2 Å². The first kappa shape index (κ1) is 17.2. The molecule has 1 fully saturated rings. The van der Waals surface area contributed by atoms with E-state index in [4.69, 9.17) is 10.5 Å². The maximum Gasteiger partial charge on any atom is 0.328 e. The van der Waals surface area contributed by atoms with E-state index in [1.165, 1.54) is 25.7 Å². The Hall–Kier alpha value is -2.11. The van der Waals surface area contributed by atoms with Crippen LogP contribution in [0.3, 0.4) is 0 Å². The van der Waals surface area contributed by atoms with Crippen molar-refractivity contribution in [2.45, 2.75) is 44.6 Å². The minimum Gasteiger partial charge on any atom is -0.467 e. The zero-order valence-electron chi connectivity index (χ0n) is 13.3. The van der Waals surface area contributed by atoms with Crippen LogP contribution in [-0.2, 0) is 9.53 Å². The lowest BCUT2D eigenvalue weighted by Gasteiger charge is -2.26. The largest absolute Gasteiger partial charge is 0.467 e. The van der Waals surface area contributed by atoms with Crippen LogP contribution in [0.1, 0.15) is 48.9 Å². The lowest BCUT2D eigenvalue weighted by Crippen LogP contribution is -2.43. The monoisotopic (exact) mass is 322 g/mol. The highest BCUT2D eigenvalue weighted by Gasteiger charge is 2.27. The van der Waals surface area contributed by atoms with Crippen LogP contribution in [0.2, 0.25) is 0 Å². The number of carbonyl (C=O) groups excluding carboxylic acids is 2. The second-order valence-corrected chi connectivity index (χ2v) is 6.02. The summed E-state index contributed by atoms with van der Waals surface area (Å²) >= 11 is 0. The molecule has 0 spiro atoms. The van der Waals surface area contributed by atoms with Gasteiger partial charge in [-0.2, -0.15) is 0 Å². The first-order valence-electron chi connectivity index (χ1n) is 7.95. The van der Waals surface area contributed by atoms with Crippen molar-refractivity contribution in [1.82, 2.24) is 5.32 Å². The van der Waals surface area contributed by atoms with Gasteiger partial charge in [-0.1, -0.05) is 32.1 Å². The third kappa shape index (κ3) is 4.68. The Morgan fingerprint density at radius 3 is 2.70 bits per heavy atom.